The van der Waals surface area contributed by atoms with E-state index in [0.29, 0.717) is 19.5 Å². The first kappa shape index (κ1) is 14.1. The average molecular weight is 273 g/mol. The summed E-state index contributed by atoms with van der Waals surface area (Å²) in [5.41, 5.74) is 6.50. The van der Waals surface area contributed by atoms with Gasteiger partial charge in [0.15, 0.2) is 0 Å². The first-order valence-corrected chi connectivity index (χ1v) is 6.41. The number of nitrogens with zero attached hydrogens (tertiary/aromatic N) is 2. The molecule has 1 heterocycles. The molecule has 0 aliphatic rings. The third kappa shape index (κ3) is 3.39. The summed E-state index contributed by atoms with van der Waals surface area (Å²) in [5, 5.41) is 0. The number of pyridine rings is 1. The zero-order valence-corrected chi connectivity index (χ0v) is 11.0. The van der Waals surface area contributed by atoms with Crippen LogP contribution in [0.5, 0.6) is 0 Å². The van der Waals surface area contributed by atoms with Crippen molar-refractivity contribution in [1.29, 1.82) is 0 Å². The molecule has 0 saturated carbocycles. The van der Waals surface area contributed by atoms with Crippen molar-refractivity contribution >= 4 is 11.6 Å². The number of para-hydroxylation sites is 1. The highest BCUT2D eigenvalue weighted by Gasteiger charge is 2.18. The fraction of sp³-hybridized carbons (Fsp3) is 0.200. The molecule has 2 N–H and O–H groups in total. The molecule has 2 rings (SSSR count). The topological polar surface area (TPSA) is 59.2 Å². The van der Waals surface area contributed by atoms with Crippen LogP contribution in [0.15, 0.2) is 48.7 Å². The summed E-state index contributed by atoms with van der Waals surface area (Å²) in [7, 11) is 0. The van der Waals surface area contributed by atoms with Crippen molar-refractivity contribution in [2.45, 2.75) is 6.42 Å². The molecule has 0 radical (unpaired) electrons. The monoisotopic (exact) mass is 273 g/mol. The van der Waals surface area contributed by atoms with Crippen LogP contribution in [0, 0.1) is 5.82 Å². The van der Waals surface area contributed by atoms with Crippen LogP contribution in [-0.4, -0.2) is 24.0 Å². The van der Waals surface area contributed by atoms with Crippen LogP contribution >= 0.6 is 0 Å². The molecular formula is C15H16FN3O. The number of benzene rings is 1. The second-order valence-electron chi connectivity index (χ2n) is 4.30. The standard InChI is InChI=1S/C15H16FN3O/c16-12-7-8-14(18-11-12)15(20)19(10-4-9-17)13-5-2-1-3-6-13/h1-3,5-8,11H,4,9-10,17H2. The summed E-state index contributed by atoms with van der Waals surface area (Å²) in [6.07, 6.45) is 1.72. The van der Waals surface area contributed by atoms with Crippen molar-refractivity contribution in [3.63, 3.8) is 0 Å². The van der Waals surface area contributed by atoms with E-state index in [-0.39, 0.29) is 11.6 Å². The molecule has 0 saturated heterocycles. The fourth-order valence-electron chi connectivity index (χ4n) is 1.85. The highest BCUT2D eigenvalue weighted by molar-refractivity contribution is 6.04. The van der Waals surface area contributed by atoms with E-state index >= 15 is 0 Å². The van der Waals surface area contributed by atoms with Crippen molar-refractivity contribution in [1.82, 2.24) is 4.98 Å². The predicted octanol–water partition coefficient (Wildman–Crippen LogP) is 2.22. The number of halogens is 1. The lowest BCUT2D eigenvalue weighted by molar-refractivity contribution is 0.0982. The van der Waals surface area contributed by atoms with Gasteiger partial charge in [-0.15, -0.1) is 0 Å². The zero-order valence-electron chi connectivity index (χ0n) is 11.0. The Bertz CT molecular complexity index is 557. The normalized spacial score (nSPS) is 10.3. The van der Waals surface area contributed by atoms with Crippen molar-refractivity contribution in [2.24, 2.45) is 5.73 Å². The lowest BCUT2D eigenvalue weighted by Gasteiger charge is -2.22. The summed E-state index contributed by atoms with van der Waals surface area (Å²) in [6, 6.07) is 11.9. The van der Waals surface area contributed by atoms with Gasteiger partial charge in [-0.25, -0.2) is 9.37 Å². The second kappa shape index (κ2) is 6.77. The van der Waals surface area contributed by atoms with E-state index in [2.05, 4.69) is 4.98 Å². The molecule has 1 amide bonds. The van der Waals surface area contributed by atoms with Crippen LogP contribution < -0.4 is 10.6 Å². The van der Waals surface area contributed by atoms with E-state index in [9.17, 15) is 9.18 Å². The molecule has 0 spiro atoms. The van der Waals surface area contributed by atoms with E-state index < -0.39 is 5.82 Å². The maximum atomic E-state index is 12.9. The van der Waals surface area contributed by atoms with Crippen molar-refractivity contribution < 1.29 is 9.18 Å². The Labute approximate surface area is 117 Å². The number of nitrogens with two attached hydrogens (primary N) is 1. The first-order chi connectivity index (χ1) is 9.72. The maximum Gasteiger partial charge on any atom is 0.276 e. The zero-order chi connectivity index (χ0) is 14.4. The average Bonchev–Trinajstić information content (AvgIpc) is 2.49. The Morgan fingerprint density at radius 1 is 1.20 bits per heavy atom. The van der Waals surface area contributed by atoms with E-state index in [4.69, 9.17) is 5.73 Å². The van der Waals surface area contributed by atoms with Crippen molar-refractivity contribution in [3.8, 4) is 0 Å². The molecule has 1 aromatic heterocycles. The molecule has 104 valence electrons. The smallest absolute Gasteiger partial charge is 0.276 e. The number of anilines is 1. The van der Waals surface area contributed by atoms with Gasteiger partial charge in [-0.3, -0.25) is 4.79 Å². The number of amides is 1. The van der Waals surface area contributed by atoms with Gasteiger partial charge in [-0.1, -0.05) is 18.2 Å². The number of rotatable bonds is 5. The Balaban J connectivity index is 2.26. The fourth-order valence-corrected chi connectivity index (χ4v) is 1.85. The van der Waals surface area contributed by atoms with Gasteiger partial charge < -0.3 is 10.6 Å². The minimum absolute atomic E-state index is 0.215. The molecule has 0 aliphatic heterocycles. The Morgan fingerprint density at radius 2 is 1.95 bits per heavy atom. The van der Waals surface area contributed by atoms with Gasteiger partial charge in [0.05, 0.1) is 6.20 Å². The highest BCUT2D eigenvalue weighted by Crippen LogP contribution is 2.16. The van der Waals surface area contributed by atoms with Crippen molar-refractivity contribution in [2.75, 3.05) is 18.0 Å². The number of hydrogen-bond acceptors (Lipinski definition) is 3. The molecule has 2 aromatic rings. The van der Waals surface area contributed by atoms with Crippen LogP contribution in [0.4, 0.5) is 10.1 Å². The van der Waals surface area contributed by atoms with Gasteiger partial charge in [0.25, 0.3) is 5.91 Å². The van der Waals surface area contributed by atoms with Crippen LogP contribution in [0.2, 0.25) is 0 Å². The highest BCUT2D eigenvalue weighted by atomic mass is 19.1. The van der Waals surface area contributed by atoms with Gasteiger partial charge in [-0.05, 0) is 37.2 Å². The Hall–Kier alpha value is -2.27. The summed E-state index contributed by atoms with van der Waals surface area (Å²) < 4.78 is 12.9. The molecule has 0 aliphatic carbocycles. The van der Waals surface area contributed by atoms with Gasteiger partial charge >= 0.3 is 0 Å². The van der Waals surface area contributed by atoms with Crippen LogP contribution in [0.1, 0.15) is 16.9 Å². The van der Waals surface area contributed by atoms with E-state index in [1.54, 1.807) is 4.90 Å². The molecule has 1 aromatic carbocycles. The summed E-state index contributed by atoms with van der Waals surface area (Å²) in [4.78, 5) is 17.9. The van der Waals surface area contributed by atoms with E-state index in [1.165, 1.54) is 12.1 Å². The van der Waals surface area contributed by atoms with E-state index in [0.717, 1.165) is 11.9 Å². The molecule has 0 fully saturated rings. The third-order valence-electron chi connectivity index (χ3n) is 2.85. The third-order valence-corrected chi connectivity index (χ3v) is 2.85. The predicted molar refractivity (Wildman–Crippen MR) is 76.0 cm³/mol. The molecule has 4 nitrogen and oxygen atoms in total. The molecule has 0 unspecified atom stereocenters. The molecule has 5 heteroatoms. The molecule has 20 heavy (non-hydrogen) atoms. The van der Waals surface area contributed by atoms with Gasteiger partial charge in [0.1, 0.15) is 11.5 Å². The van der Waals surface area contributed by atoms with Crippen LogP contribution in [-0.2, 0) is 0 Å². The summed E-state index contributed by atoms with van der Waals surface area (Å²) in [5.74, 6) is -0.723. The number of carbonyl (C=O) groups excluding carboxylic acids is 1. The lowest BCUT2D eigenvalue weighted by Crippen LogP contribution is -2.33. The minimum Gasteiger partial charge on any atom is -0.330 e. The lowest BCUT2D eigenvalue weighted by atomic mass is 10.2. The quantitative estimate of drug-likeness (QED) is 0.908. The molecular weight excluding hydrogens is 257 g/mol. The van der Waals surface area contributed by atoms with Crippen LogP contribution in [0.25, 0.3) is 0 Å². The molecule has 0 bridgehead atoms. The SMILES string of the molecule is NCCCN(C(=O)c1ccc(F)cn1)c1ccccc1. The van der Waals surface area contributed by atoms with E-state index in [1.807, 2.05) is 30.3 Å². The van der Waals surface area contributed by atoms with Gasteiger partial charge in [0, 0.05) is 12.2 Å². The van der Waals surface area contributed by atoms with Crippen molar-refractivity contribution in [3.05, 3.63) is 60.2 Å². The Kier molecular flexibility index (Phi) is 4.79. The molecule has 0 atom stereocenters. The first-order valence-electron chi connectivity index (χ1n) is 6.41. The van der Waals surface area contributed by atoms with Gasteiger partial charge in [0.2, 0.25) is 0 Å². The maximum absolute atomic E-state index is 12.9. The minimum atomic E-state index is -0.463. The number of hydrogen-bond donors (Lipinski definition) is 1. The summed E-state index contributed by atoms with van der Waals surface area (Å²) in [6.45, 7) is 0.992. The number of carbonyl (C=O) groups is 1. The summed E-state index contributed by atoms with van der Waals surface area (Å²) >= 11 is 0. The van der Waals surface area contributed by atoms with Gasteiger partial charge in [-0.2, -0.15) is 0 Å². The Morgan fingerprint density at radius 3 is 2.55 bits per heavy atom. The number of aromatic nitrogens is 1. The van der Waals surface area contributed by atoms with Crippen LogP contribution in [0.3, 0.4) is 0 Å². The largest absolute Gasteiger partial charge is 0.330 e. The second-order valence-corrected chi connectivity index (χ2v) is 4.30.